The van der Waals surface area contributed by atoms with Gasteiger partial charge in [0.2, 0.25) is 0 Å². The Labute approximate surface area is 112 Å². The van der Waals surface area contributed by atoms with E-state index in [4.69, 9.17) is 4.74 Å². The van der Waals surface area contributed by atoms with Gasteiger partial charge >= 0.3 is 0 Å². The number of aliphatic hydroxyl groups is 1. The van der Waals surface area contributed by atoms with E-state index in [2.05, 4.69) is 0 Å². The van der Waals surface area contributed by atoms with E-state index in [1.807, 2.05) is 30.3 Å². The summed E-state index contributed by atoms with van der Waals surface area (Å²) < 4.78 is 5.69. The molecule has 0 aliphatic rings. The van der Waals surface area contributed by atoms with Gasteiger partial charge in [-0.15, -0.1) is 0 Å². The van der Waals surface area contributed by atoms with Gasteiger partial charge in [-0.25, -0.2) is 0 Å². The zero-order chi connectivity index (χ0) is 13.8. The maximum atomic E-state index is 11.6. The van der Waals surface area contributed by atoms with E-state index in [0.29, 0.717) is 18.6 Å². The minimum absolute atomic E-state index is 0.0479. The molecule has 0 aliphatic heterocycles. The smallest absolute Gasteiger partial charge is 0.160 e. The number of carbonyl (C=O) groups is 1. The second-order valence-corrected chi connectivity index (χ2v) is 4.70. The average Bonchev–Trinajstić information content (AvgIpc) is 2.38. The Hall–Kier alpha value is -1.87. The summed E-state index contributed by atoms with van der Waals surface area (Å²) >= 11 is 0. The Bertz CT molecular complexity index is 588. The normalized spacial score (nSPS) is 12.4. The lowest BCUT2D eigenvalue weighted by molar-refractivity contribution is 0.101. The summed E-state index contributed by atoms with van der Waals surface area (Å²) in [6, 6.07) is 11.3. The fraction of sp³-hybridized carbons (Fsp3) is 0.312. The van der Waals surface area contributed by atoms with Crippen molar-refractivity contribution in [1.29, 1.82) is 0 Å². The summed E-state index contributed by atoms with van der Waals surface area (Å²) in [5.41, 5.74) is 0.707. The first-order valence-corrected chi connectivity index (χ1v) is 6.43. The van der Waals surface area contributed by atoms with Crippen molar-refractivity contribution >= 4 is 16.6 Å². The highest BCUT2D eigenvalue weighted by Gasteiger charge is 2.09. The van der Waals surface area contributed by atoms with E-state index < -0.39 is 0 Å². The molecule has 1 N–H and O–H groups in total. The number of Topliss-reactive ketones (excluding diaryl/α,β-unsaturated/α-hetero) is 1. The van der Waals surface area contributed by atoms with Crippen LogP contribution in [0, 0.1) is 0 Å². The third-order valence-corrected chi connectivity index (χ3v) is 3.06. The second-order valence-electron chi connectivity index (χ2n) is 4.70. The lowest BCUT2D eigenvalue weighted by Crippen LogP contribution is -2.08. The van der Waals surface area contributed by atoms with Gasteiger partial charge in [0.25, 0.3) is 0 Å². The Balaban J connectivity index is 2.36. The molecule has 0 saturated carbocycles. The van der Waals surface area contributed by atoms with Crippen LogP contribution in [0.15, 0.2) is 36.4 Å². The van der Waals surface area contributed by atoms with E-state index in [0.717, 1.165) is 16.5 Å². The molecule has 0 aromatic heterocycles. The minimum Gasteiger partial charge on any atom is -0.493 e. The van der Waals surface area contributed by atoms with Crippen molar-refractivity contribution in [2.24, 2.45) is 0 Å². The molecule has 3 heteroatoms. The summed E-state index contributed by atoms with van der Waals surface area (Å²) in [6.07, 6.45) is 0.214. The fourth-order valence-electron chi connectivity index (χ4n) is 2.04. The molecule has 0 heterocycles. The van der Waals surface area contributed by atoms with E-state index in [-0.39, 0.29) is 11.9 Å². The molecule has 2 aromatic rings. The molecular formula is C16H18O3. The van der Waals surface area contributed by atoms with Crippen LogP contribution in [0.2, 0.25) is 0 Å². The first-order chi connectivity index (χ1) is 9.09. The Morgan fingerprint density at radius 3 is 2.53 bits per heavy atom. The molecule has 100 valence electrons. The average molecular weight is 258 g/mol. The standard InChI is InChI=1S/C16H18O3/c1-11(17)9-10-19-16-8-7-13(12(2)18)14-5-3-4-6-15(14)16/h3-8,11,17H,9-10H2,1-2H3/t11-/m1/s1. The number of rotatable bonds is 5. The molecule has 3 nitrogen and oxygen atoms in total. The van der Waals surface area contributed by atoms with Crippen LogP contribution in [0.5, 0.6) is 5.75 Å². The highest BCUT2D eigenvalue weighted by atomic mass is 16.5. The SMILES string of the molecule is CC(=O)c1ccc(OCC[C@@H](C)O)c2ccccc12. The molecular weight excluding hydrogens is 240 g/mol. The molecule has 19 heavy (non-hydrogen) atoms. The van der Waals surface area contributed by atoms with Gasteiger partial charge < -0.3 is 9.84 Å². The summed E-state index contributed by atoms with van der Waals surface area (Å²) in [4.78, 5) is 11.6. The zero-order valence-electron chi connectivity index (χ0n) is 11.2. The van der Waals surface area contributed by atoms with Gasteiger partial charge in [0.05, 0.1) is 12.7 Å². The first-order valence-electron chi connectivity index (χ1n) is 6.43. The molecule has 2 aromatic carbocycles. The third kappa shape index (κ3) is 3.12. The van der Waals surface area contributed by atoms with Crippen molar-refractivity contribution in [3.63, 3.8) is 0 Å². The quantitative estimate of drug-likeness (QED) is 0.838. The van der Waals surface area contributed by atoms with Crippen LogP contribution >= 0.6 is 0 Å². The van der Waals surface area contributed by atoms with E-state index >= 15 is 0 Å². The van der Waals surface area contributed by atoms with E-state index in [9.17, 15) is 9.90 Å². The lowest BCUT2D eigenvalue weighted by atomic mass is 10.0. The fourth-order valence-corrected chi connectivity index (χ4v) is 2.04. The van der Waals surface area contributed by atoms with Gasteiger partial charge in [-0.3, -0.25) is 4.79 Å². The summed E-state index contributed by atoms with van der Waals surface area (Å²) in [7, 11) is 0. The summed E-state index contributed by atoms with van der Waals surface area (Å²) in [6.45, 7) is 3.76. The van der Waals surface area contributed by atoms with Gasteiger partial charge in [0.15, 0.2) is 5.78 Å². The highest BCUT2D eigenvalue weighted by Crippen LogP contribution is 2.29. The monoisotopic (exact) mass is 258 g/mol. The van der Waals surface area contributed by atoms with Gasteiger partial charge in [-0.05, 0) is 31.4 Å². The molecule has 0 saturated heterocycles. The highest BCUT2D eigenvalue weighted by molar-refractivity contribution is 6.08. The molecule has 0 aliphatic carbocycles. The number of hydrogen-bond donors (Lipinski definition) is 1. The van der Waals surface area contributed by atoms with Crippen LogP contribution in [0.25, 0.3) is 10.8 Å². The molecule has 0 unspecified atom stereocenters. The van der Waals surface area contributed by atoms with Crippen molar-refractivity contribution < 1.29 is 14.6 Å². The number of aliphatic hydroxyl groups excluding tert-OH is 1. The number of benzene rings is 2. The van der Waals surface area contributed by atoms with Gasteiger partial charge in [0.1, 0.15) is 5.75 Å². The Morgan fingerprint density at radius 1 is 1.21 bits per heavy atom. The maximum absolute atomic E-state index is 11.6. The van der Waals surface area contributed by atoms with Crippen LogP contribution in [-0.4, -0.2) is 23.6 Å². The Kier molecular flexibility index (Phi) is 4.17. The van der Waals surface area contributed by atoms with Crippen LogP contribution in [0.1, 0.15) is 30.6 Å². The minimum atomic E-state index is -0.372. The van der Waals surface area contributed by atoms with Crippen molar-refractivity contribution in [3.8, 4) is 5.75 Å². The summed E-state index contributed by atoms with van der Waals surface area (Å²) in [5, 5.41) is 11.1. The predicted octanol–water partition coefficient (Wildman–Crippen LogP) is 3.19. The lowest BCUT2D eigenvalue weighted by Gasteiger charge is -2.12. The molecule has 0 amide bonds. The van der Waals surface area contributed by atoms with E-state index in [1.54, 1.807) is 19.9 Å². The molecule has 0 fully saturated rings. The number of fused-ring (bicyclic) bond motifs is 1. The van der Waals surface area contributed by atoms with Crippen LogP contribution in [0.3, 0.4) is 0 Å². The van der Waals surface area contributed by atoms with Crippen LogP contribution in [-0.2, 0) is 0 Å². The van der Waals surface area contributed by atoms with Gasteiger partial charge in [0, 0.05) is 17.4 Å². The van der Waals surface area contributed by atoms with Crippen molar-refractivity contribution in [2.75, 3.05) is 6.61 Å². The third-order valence-electron chi connectivity index (χ3n) is 3.06. The zero-order valence-corrected chi connectivity index (χ0v) is 11.2. The van der Waals surface area contributed by atoms with Gasteiger partial charge in [-0.2, -0.15) is 0 Å². The topological polar surface area (TPSA) is 46.5 Å². The van der Waals surface area contributed by atoms with Crippen molar-refractivity contribution in [3.05, 3.63) is 42.0 Å². The number of ketones is 1. The van der Waals surface area contributed by atoms with Crippen molar-refractivity contribution in [1.82, 2.24) is 0 Å². The Morgan fingerprint density at radius 2 is 1.89 bits per heavy atom. The number of carbonyl (C=O) groups excluding carboxylic acids is 1. The molecule has 0 radical (unpaired) electrons. The van der Waals surface area contributed by atoms with Crippen LogP contribution in [0.4, 0.5) is 0 Å². The number of hydrogen-bond acceptors (Lipinski definition) is 3. The molecule has 0 bridgehead atoms. The molecule has 1 atom stereocenters. The van der Waals surface area contributed by atoms with Crippen molar-refractivity contribution in [2.45, 2.75) is 26.4 Å². The van der Waals surface area contributed by atoms with Gasteiger partial charge in [-0.1, -0.05) is 24.3 Å². The first kappa shape index (κ1) is 13.6. The molecule has 2 rings (SSSR count). The summed E-state index contributed by atoms with van der Waals surface area (Å²) in [5.74, 6) is 0.799. The molecule has 0 spiro atoms. The van der Waals surface area contributed by atoms with Crippen LogP contribution < -0.4 is 4.74 Å². The largest absolute Gasteiger partial charge is 0.493 e. The number of ether oxygens (including phenoxy) is 1. The maximum Gasteiger partial charge on any atom is 0.160 e. The second kappa shape index (κ2) is 5.85. The predicted molar refractivity (Wildman–Crippen MR) is 75.7 cm³/mol. The van der Waals surface area contributed by atoms with E-state index in [1.165, 1.54) is 0 Å².